The molecule has 0 saturated carbocycles. The van der Waals surface area contributed by atoms with Crippen molar-refractivity contribution in [2.45, 2.75) is 19.3 Å². The molecule has 0 fully saturated rings. The molecule has 24 rings (SSSR count). The van der Waals surface area contributed by atoms with E-state index in [0.717, 1.165) is 73.3 Å². The maximum Gasteiger partial charge on any atom is 0.138 e. The van der Waals surface area contributed by atoms with Gasteiger partial charge in [-0.2, -0.15) is 0 Å². The van der Waals surface area contributed by atoms with E-state index in [-0.39, 0.29) is 5.41 Å². The number of aromatic nitrogens is 5. The standard InChI is InChI=1S/C41H30N2.C35H22N2S.C30H20N4/c1-41(2)35-17-9-7-15-30(35)31-23-21-29(26-36(31)41)42-37-18-10-6-12-27(37)20-22-34-39(42)25-24-33-32-16-8-11-19-38(32)43(40(33)34)28-13-4-3-5-14-28;1-2-10-23(11-3-1)28-21-35(36-30-15-7-5-13-26(28)30)37-31-16-8-4-12-24(31)18-19-25-20-29-27-14-6-9-17-33(27)38-34(29)22-32(25)37;1-3-11-25-21(9-1)15-16-22-19-24-23-10-2-4-12-26(23)34(30-14-6-8-18-32-30)28(24)20-27(22)33(25)29-13-5-7-17-31-29/h3-26H,1-2H3;1-22H;1-20H. The van der Waals surface area contributed by atoms with Gasteiger partial charge in [-0.25, -0.2) is 15.0 Å². The molecule has 0 saturated heterocycles. The van der Waals surface area contributed by atoms with Crippen molar-refractivity contribution >= 4 is 174 Å². The molecule has 0 bridgehead atoms. The van der Waals surface area contributed by atoms with Gasteiger partial charge >= 0.3 is 0 Å². The van der Waals surface area contributed by atoms with Crippen LogP contribution in [-0.4, -0.2) is 24.1 Å². The van der Waals surface area contributed by atoms with Gasteiger partial charge in [-0.15, -0.1) is 11.3 Å². The predicted octanol–water partition coefficient (Wildman–Crippen LogP) is 28.8. The topological polar surface area (TPSA) is 58.3 Å². The largest absolute Gasteiger partial charge is 0.309 e. The van der Waals surface area contributed by atoms with Crippen LogP contribution < -0.4 is 14.7 Å². The van der Waals surface area contributed by atoms with E-state index >= 15 is 0 Å². The summed E-state index contributed by atoms with van der Waals surface area (Å²) in [6.45, 7) is 4.71. The third-order valence-corrected chi connectivity index (χ3v) is 24.5. The van der Waals surface area contributed by atoms with Crippen LogP contribution in [0.4, 0.5) is 51.4 Å². The highest BCUT2D eigenvalue weighted by molar-refractivity contribution is 7.25. The second kappa shape index (κ2) is 27.3. The van der Waals surface area contributed by atoms with Crippen LogP contribution >= 0.6 is 11.3 Å². The number of fused-ring (bicyclic) bond motifs is 20. The Morgan fingerprint density at radius 1 is 0.278 bits per heavy atom. The Morgan fingerprint density at radius 3 is 1.53 bits per heavy atom. The number of anilines is 9. The molecule has 0 atom stereocenters. The van der Waals surface area contributed by atoms with Crippen molar-refractivity contribution in [3.05, 3.63) is 409 Å². The molecule has 0 N–H and O–H groups in total. The maximum atomic E-state index is 5.25. The summed E-state index contributed by atoms with van der Waals surface area (Å²) >= 11 is 1.85. The average Bonchev–Trinajstić information content (AvgIpc) is 1.58. The predicted molar refractivity (Wildman–Crippen MR) is 486 cm³/mol. The first kappa shape index (κ1) is 67.2. The van der Waals surface area contributed by atoms with Gasteiger partial charge in [0.05, 0.1) is 61.7 Å². The summed E-state index contributed by atoms with van der Waals surface area (Å²) in [5.41, 5.74) is 29.7. The molecule has 6 aromatic heterocycles. The molecular weight excluding hydrogens is 1420 g/mol. The normalized spacial score (nSPS) is 13.2. The fraction of sp³-hybridized carbons (Fsp3) is 0.0283. The molecule has 14 aromatic carbocycles. The number of thiophene rings is 1. The molecule has 115 heavy (non-hydrogen) atoms. The van der Waals surface area contributed by atoms with E-state index in [0.29, 0.717) is 0 Å². The summed E-state index contributed by atoms with van der Waals surface area (Å²) in [5.74, 6) is 2.71. The molecule has 0 spiro atoms. The third-order valence-electron chi connectivity index (χ3n) is 23.4. The van der Waals surface area contributed by atoms with Crippen LogP contribution in [0, 0.1) is 0 Å². The van der Waals surface area contributed by atoms with E-state index in [4.69, 9.17) is 9.97 Å². The Balaban J connectivity index is 0.000000106. The molecule has 0 radical (unpaired) electrons. The number of hydrogen-bond acceptors (Lipinski definition) is 7. The minimum Gasteiger partial charge on any atom is -0.309 e. The first-order valence-corrected chi connectivity index (χ1v) is 40.0. The van der Waals surface area contributed by atoms with Gasteiger partial charge < -0.3 is 9.47 Å². The minimum absolute atomic E-state index is 0.0714. The lowest BCUT2D eigenvalue weighted by Crippen LogP contribution is -2.17. The molecule has 1 aliphatic carbocycles. The lowest BCUT2D eigenvalue weighted by molar-refractivity contribution is 0.660. The molecule has 0 amide bonds. The van der Waals surface area contributed by atoms with Crippen molar-refractivity contribution in [3.63, 3.8) is 0 Å². The molecule has 20 aromatic rings. The van der Waals surface area contributed by atoms with Gasteiger partial charge in [-0.3, -0.25) is 14.4 Å². The Hall–Kier alpha value is -14.8. The van der Waals surface area contributed by atoms with Crippen molar-refractivity contribution in [2.24, 2.45) is 0 Å². The van der Waals surface area contributed by atoms with Crippen LogP contribution in [-0.2, 0) is 5.41 Å². The smallest absolute Gasteiger partial charge is 0.138 e. The van der Waals surface area contributed by atoms with Gasteiger partial charge in [0.15, 0.2) is 0 Å². The van der Waals surface area contributed by atoms with Gasteiger partial charge in [0.1, 0.15) is 17.5 Å². The van der Waals surface area contributed by atoms with E-state index in [1.807, 2.05) is 48.0 Å². The monoisotopic (exact) mass is 1490 g/mol. The quantitative estimate of drug-likeness (QED) is 0.165. The summed E-state index contributed by atoms with van der Waals surface area (Å²) < 4.78 is 7.28. The van der Waals surface area contributed by atoms with Crippen LogP contribution in [0.15, 0.2) is 364 Å². The fourth-order valence-corrected chi connectivity index (χ4v) is 19.2. The van der Waals surface area contributed by atoms with E-state index in [2.05, 4.69) is 407 Å². The van der Waals surface area contributed by atoms with Crippen LogP contribution in [0.5, 0.6) is 0 Å². The molecule has 4 aliphatic rings. The van der Waals surface area contributed by atoms with Crippen LogP contribution in [0.2, 0.25) is 0 Å². The second-order valence-corrected chi connectivity index (χ2v) is 31.3. The van der Waals surface area contributed by atoms with E-state index in [9.17, 15) is 0 Å². The molecule has 3 aliphatic heterocycles. The SMILES string of the molecule is C1=Cc2cc3c(cc2N(c2cc(-c4ccccc4)c4ccccc4n2)c2ccccc21)sc1ccccc13.C1=Cc2cc3c4ccccc4n(-c4ccccn4)c3cc2N(c2ccccn2)c2ccccc21.CC1(C)c2ccccc2-c2ccc(N3c4ccccc4C=Cc4c3ccc3c5ccccc5n(-c5ccccc5)c43)cc21. The van der Waals surface area contributed by atoms with Gasteiger partial charge in [-0.1, -0.05) is 275 Å². The van der Waals surface area contributed by atoms with Gasteiger partial charge in [-0.05, 0) is 189 Å². The first-order chi connectivity index (χ1) is 56.8. The highest BCUT2D eigenvalue weighted by Crippen LogP contribution is 2.54. The lowest BCUT2D eigenvalue weighted by Gasteiger charge is -2.29. The van der Waals surface area contributed by atoms with Gasteiger partial charge in [0.25, 0.3) is 0 Å². The number of pyridine rings is 3. The lowest BCUT2D eigenvalue weighted by atomic mass is 9.82. The molecule has 0 unspecified atom stereocenters. The zero-order chi connectivity index (χ0) is 76.2. The molecule has 9 heterocycles. The fourth-order valence-electron chi connectivity index (χ4n) is 18.1. The molecule has 542 valence electrons. The number of nitrogens with zero attached hydrogens (tertiary/aromatic N) is 8. The van der Waals surface area contributed by atoms with Crippen LogP contribution in [0.3, 0.4) is 0 Å². The maximum absolute atomic E-state index is 5.25. The molecule has 9 heteroatoms. The highest BCUT2D eigenvalue weighted by atomic mass is 32.1. The van der Waals surface area contributed by atoms with Crippen molar-refractivity contribution in [2.75, 3.05) is 14.7 Å². The second-order valence-electron chi connectivity index (χ2n) is 30.2. The van der Waals surface area contributed by atoms with Crippen LogP contribution in [0.25, 0.3) is 145 Å². The summed E-state index contributed by atoms with van der Waals surface area (Å²) in [6, 6.07) is 126. The van der Waals surface area contributed by atoms with Crippen molar-refractivity contribution in [1.82, 2.24) is 24.1 Å². The third kappa shape index (κ3) is 11.1. The summed E-state index contributed by atoms with van der Waals surface area (Å²) in [6.07, 6.45) is 17.2. The minimum atomic E-state index is -0.0714. The number of rotatable bonds is 6. The zero-order valence-corrected chi connectivity index (χ0v) is 63.9. The van der Waals surface area contributed by atoms with E-state index < -0.39 is 0 Å². The van der Waals surface area contributed by atoms with Gasteiger partial charge in [0.2, 0.25) is 0 Å². The van der Waals surface area contributed by atoms with E-state index in [1.54, 1.807) is 0 Å². The van der Waals surface area contributed by atoms with Crippen molar-refractivity contribution < 1.29 is 0 Å². The van der Waals surface area contributed by atoms with Gasteiger partial charge in [0, 0.05) is 81.9 Å². The average molecular weight is 1490 g/mol. The zero-order valence-electron chi connectivity index (χ0n) is 63.1. The molecule has 8 nitrogen and oxygen atoms in total. The summed E-state index contributed by atoms with van der Waals surface area (Å²) in [4.78, 5) is 21.7. The molecular formula is C106H72N8S. The number of benzene rings is 14. The Labute approximate surface area is 670 Å². The Bertz CT molecular complexity index is 7390. The Kier molecular flexibility index (Phi) is 15.9. The number of para-hydroxylation sites is 7. The van der Waals surface area contributed by atoms with Crippen molar-refractivity contribution in [1.29, 1.82) is 0 Å². The summed E-state index contributed by atoms with van der Waals surface area (Å²) in [7, 11) is 0. The van der Waals surface area contributed by atoms with Crippen molar-refractivity contribution in [3.8, 4) is 33.8 Å². The Morgan fingerprint density at radius 2 is 0.817 bits per heavy atom. The summed E-state index contributed by atoms with van der Waals surface area (Å²) in [5, 5.41) is 8.72. The van der Waals surface area contributed by atoms with Crippen LogP contribution in [0.1, 0.15) is 58.4 Å². The highest BCUT2D eigenvalue weighted by Gasteiger charge is 2.37. The van der Waals surface area contributed by atoms with E-state index in [1.165, 1.54) is 131 Å². The first-order valence-electron chi connectivity index (χ1n) is 39.2. The number of hydrogen-bond donors (Lipinski definition) is 0.